The molecule has 0 aliphatic heterocycles. The number of hydrogen-bond acceptors (Lipinski definition) is 3. The van der Waals surface area contributed by atoms with E-state index in [-0.39, 0.29) is 0 Å². The number of halogens is 1. The summed E-state index contributed by atoms with van der Waals surface area (Å²) in [7, 11) is 0. The van der Waals surface area contributed by atoms with Crippen LogP contribution < -0.4 is 0 Å². The van der Waals surface area contributed by atoms with Crippen LogP contribution in [-0.4, -0.2) is 15.0 Å². The molecule has 3 rings (SSSR count). The van der Waals surface area contributed by atoms with E-state index in [9.17, 15) is 0 Å². The Balaban J connectivity index is 2.27. The average molecular weight is 242 g/mol. The van der Waals surface area contributed by atoms with Crippen molar-refractivity contribution in [3.05, 3.63) is 54.2 Å². The Bertz CT molecular complexity index is 668. The Morgan fingerprint density at radius 2 is 1.88 bits per heavy atom. The molecule has 4 heteroatoms. The summed E-state index contributed by atoms with van der Waals surface area (Å²) < 4.78 is 0. The summed E-state index contributed by atoms with van der Waals surface area (Å²) in [4.78, 5) is 12.5. The van der Waals surface area contributed by atoms with Crippen LogP contribution in [0.25, 0.3) is 22.0 Å². The van der Waals surface area contributed by atoms with Crippen molar-refractivity contribution >= 4 is 22.5 Å². The van der Waals surface area contributed by atoms with E-state index in [2.05, 4.69) is 15.0 Å². The van der Waals surface area contributed by atoms with Gasteiger partial charge in [0.25, 0.3) is 0 Å². The average Bonchev–Trinajstić information content (AvgIpc) is 2.39. The van der Waals surface area contributed by atoms with Gasteiger partial charge < -0.3 is 0 Å². The first-order valence-corrected chi connectivity index (χ1v) is 5.53. The molecule has 0 unspecified atom stereocenters. The first kappa shape index (κ1) is 10.2. The summed E-state index contributed by atoms with van der Waals surface area (Å²) >= 11 is 6.18. The van der Waals surface area contributed by atoms with Gasteiger partial charge in [0.15, 0.2) is 0 Å². The lowest BCUT2D eigenvalue weighted by molar-refractivity contribution is 1.30. The van der Waals surface area contributed by atoms with Gasteiger partial charge in [0.1, 0.15) is 5.15 Å². The van der Waals surface area contributed by atoms with Gasteiger partial charge in [-0.1, -0.05) is 17.7 Å². The quantitative estimate of drug-likeness (QED) is 0.614. The highest BCUT2D eigenvalue weighted by atomic mass is 35.5. The highest BCUT2D eigenvalue weighted by Crippen LogP contribution is 2.28. The Morgan fingerprint density at radius 1 is 1.00 bits per heavy atom. The molecular weight excluding hydrogens is 234 g/mol. The number of aromatic nitrogens is 3. The Labute approximate surface area is 103 Å². The zero-order valence-corrected chi connectivity index (χ0v) is 9.59. The van der Waals surface area contributed by atoms with E-state index in [0.717, 1.165) is 22.0 Å². The van der Waals surface area contributed by atoms with Crippen LogP contribution in [0.15, 0.2) is 49.1 Å². The van der Waals surface area contributed by atoms with Crippen molar-refractivity contribution in [3.8, 4) is 11.1 Å². The van der Waals surface area contributed by atoms with Crippen LogP contribution in [0.2, 0.25) is 5.15 Å². The van der Waals surface area contributed by atoms with Crippen molar-refractivity contribution in [2.75, 3.05) is 0 Å². The molecule has 0 amide bonds. The van der Waals surface area contributed by atoms with Crippen LogP contribution >= 0.6 is 11.6 Å². The zero-order valence-electron chi connectivity index (χ0n) is 8.84. The minimum atomic E-state index is 0.483. The molecule has 0 fully saturated rings. The standard InChI is InChI=1S/C13H8ClN3/c14-13-11(9-2-1-4-15-7-9)6-10-8-16-5-3-12(10)17-13/h1-8H. The molecule has 3 aromatic heterocycles. The molecule has 0 atom stereocenters. The van der Waals surface area contributed by atoms with Crippen LogP contribution in [-0.2, 0) is 0 Å². The molecule has 0 saturated heterocycles. The van der Waals surface area contributed by atoms with Gasteiger partial charge >= 0.3 is 0 Å². The Morgan fingerprint density at radius 3 is 2.71 bits per heavy atom. The van der Waals surface area contributed by atoms with Crippen molar-refractivity contribution in [2.45, 2.75) is 0 Å². The van der Waals surface area contributed by atoms with Crippen LogP contribution in [0.5, 0.6) is 0 Å². The minimum Gasteiger partial charge on any atom is -0.264 e. The van der Waals surface area contributed by atoms with Gasteiger partial charge in [0.2, 0.25) is 0 Å². The fraction of sp³-hybridized carbons (Fsp3) is 0. The van der Waals surface area contributed by atoms with Crippen LogP contribution in [0.1, 0.15) is 0 Å². The molecule has 3 heterocycles. The van der Waals surface area contributed by atoms with E-state index in [1.54, 1.807) is 24.8 Å². The number of rotatable bonds is 1. The van der Waals surface area contributed by atoms with Crippen molar-refractivity contribution in [2.24, 2.45) is 0 Å². The predicted molar refractivity (Wildman–Crippen MR) is 67.8 cm³/mol. The second-order valence-corrected chi connectivity index (χ2v) is 3.99. The summed E-state index contributed by atoms with van der Waals surface area (Å²) in [6, 6.07) is 7.65. The molecule has 0 N–H and O–H groups in total. The largest absolute Gasteiger partial charge is 0.264 e. The van der Waals surface area contributed by atoms with E-state index < -0.39 is 0 Å². The summed E-state index contributed by atoms with van der Waals surface area (Å²) in [5.41, 5.74) is 2.67. The highest BCUT2D eigenvalue weighted by Gasteiger charge is 2.06. The van der Waals surface area contributed by atoms with Crippen molar-refractivity contribution in [1.82, 2.24) is 15.0 Å². The lowest BCUT2D eigenvalue weighted by Gasteiger charge is -2.05. The lowest BCUT2D eigenvalue weighted by atomic mass is 10.1. The first-order valence-electron chi connectivity index (χ1n) is 5.15. The van der Waals surface area contributed by atoms with Gasteiger partial charge in [0, 0.05) is 41.3 Å². The van der Waals surface area contributed by atoms with Gasteiger partial charge in [-0.15, -0.1) is 0 Å². The third-order valence-electron chi connectivity index (χ3n) is 2.54. The molecule has 0 bridgehead atoms. The molecule has 0 aliphatic carbocycles. The maximum absolute atomic E-state index is 6.18. The fourth-order valence-corrected chi connectivity index (χ4v) is 1.97. The minimum absolute atomic E-state index is 0.483. The molecule has 3 nitrogen and oxygen atoms in total. The summed E-state index contributed by atoms with van der Waals surface area (Å²) in [5.74, 6) is 0. The molecule has 0 radical (unpaired) electrons. The third-order valence-corrected chi connectivity index (χ3v) is 2.83. The van der Waals surface area contributed by atoms with Crippen LogP contribution in [0.3, 0.4) is 0 Å². The molecular formula is C13H8ClN3. The maximum atomic E-state index is 6.18. The molecule has 0 saturated carbocycles. The zero-order chi connectivity index (χ0) is 11.7. The first-order chi connectivity index (χ1) is 8.34. The van der Waals surface area contributed by atoms with Gasteiger partial charge in [0.05, 0.1) is 5.52 Å². The second-order valence-electron chi connectivity index (χ2n) is 3.64. The van der Waals surface area contributed by atoms with Crippen LogP contribution in [0.4, 0.5) is 0 Å². The number of nitrogens with zero attached hydrogens (tertiary/aromatic N) is 3. The van der Waals surface area contributed by atoms with E-state index in [0.29, 0.717) is 5.15 Å². The van der Waals surface area contributed by atoms with Gasteiger partial charge in [-0.2, -0.15) is 0 Å². The molecule has 0 aliphatic rings. The normalized spacial score (nSPS) is 10.6. The predicted octanol–water partition coefficient (Wildman–Crippen LogP) is 3.35. The fourth-order valence-electron chi connectivity index (χ4n) is 1.72. The molecule has 3 aromatic rings. The maximum Gasteiger partial charge on any atom is 0.137 e. The molecule has 0 aromatic carbocycles. The molecule has 0 spiro atoms. The van der Waals surface area contributed by atoms with E-state index in [4.69, 9.17) is 11.6 Å². The number of pyridine rings is 3. The summed E-state index contributed by atoms with van der Waals surface area (Å²) in [6.07, 6.45) is 6.98. The van der Waals surface area contributed by atoms with E-state index >= 15 is 0 Å². The monoisotopic (exact) mass is 241 g/mol. The van der Waals surface area contributed by atoms with Gasteiger partial charge in [-0.3, -0.25) is 9.97 Å². The topological polar surface area (TPSA) is 38.7 Å². The van der Waals surface area contributed by atoms with Gasteiger partial charge in [-0.05, 0) is 18.2 Å². The number of fused-ring (bicyclic) bond motifs is 1. The van der Waals surface area contributed by atoms with Gasteiger partial charge in [-0.25, -0.2) is 4.98 Å². The third kappa shape index (κ3) is 1.85. The summed E-state index contributed by atoms with van der Waals surface area (Å²) in [6.45, 7) is 0. The van der Waals surface area contributed by atoms with Crippen molar-refractivity contribution in [3.63, 3.8) is 0 Å². The van der Waals surface area contributed by atoms with Crippen molar-refractivity contribution in [1.29, 1.82) is 0 Å². The Hall–Kier alpha value is -2.00. The van der Waals surface area contributed by atoms with Crippen molar-refractivity contribution < 1.29 is 0 Å². The second kappa shape index (κ2) is 4.11. The lowest BCUT2D eigenvalue weighted by Crippen LogP contribution is -1.87. The Kier molecular flexibility index (Phi) is 2.46. The molecule has 82 valence electrons. The van der Waals surface area contributed by atoms with E-state index in [1.807, 2.05) is 24.3 Å². The highest BCUT2D eigenvalue weighted by molar-refractivity contribution is 6.32. The molecule has 17 heavy (non-hydrogen) atoms. The number of hydrogen-bond donors (Lipinski definition) is 0. The van der Waals surface area contributed by atoms with E-state index in [1.165, 1.54) is 0 Å². The van der Waals surface area contributed by atoms with Crippen LogP contribution in [0, 0.1) is 0 Å². The smallest absolute Gasteiger partial charge is 0.137 e. The summed E-state index contributed by atoms with van der Waals surface area (Å²) in [5, 5.41) is 1.45. The SMILES string of the molecule is Clc1nc2ccncc2cc1-c1cccnc1.